The number of rotatable bonds is 5. The van der Waals surface area contributed by atoms with Gasteiger partial charge in [-0.1, -0.05) is 24.3 Å². The van der Waals surface area contributed by atoms with E-state index in [0.717, 1.165) is 0 Å². The molecule has 88 valence electrons. The number of anilines is 1. The van der Waals surface area contributed by atoms with Crippen molar-refractivity contribution in [2.75, 3.05) is 12.4 Å². The molecule has 1 N–H and O–H groups in total. The quantitative estimate of drug-likeness (QED) is 0.854. The van der Waals surface area contributed by atoms with Crippen molar-refractivity contribution in [3.63, 3.8) is 0 Å². The lowest BCUT2D eigenvalue weighted by Crippen LogP contribution is -2.03. The third kappa shape index (κ3) is 3.53. The molecule has 17 heavy (non-hydrogen) atoms. The topological polar surface area (TPSA) is 47.0 Å². The second-order valence-electron chi connectivity index (χ2n) is 3.68. The van der Waals surface area contributed by atoms with Gasteiger partial charge >= 0.3 is 0 Å². The zero-order valence-corrected chi connectivity index (χ0v) is 9.76. The Kier molecular flexibility index (Phi) is 4.05. The minimum Gasteiger partial charge on any atom is -0.380 e. The normalized spacial score (nSPS) is 10.2. The molecule has 2 aromatic rings. The van der Waals surface area contributed by atoms with Gasteiger partial charge < -0.3 is 10.1 Å². The Morgan fingerprint density at radius 2 is 1.88 bits per heavy atom. The van der Waals surface area contributed by atoms with Gasteiger partial charge in [-0.05, 0) is 17.2 Å². The lowest BCUT2D eigenvalue weighted by atomic mass is 10.1. The Labute approximate surface area is 101 Å². The Morgan fingerprint density at radius 1 is 1.12 bits per heavy atom. The monoisotopic (exact) mass is 229 g/mol. The van der Waals surface area contributed by atoms with Crippen molar-refractivity contribution in [1.82, 2.24) is 9.97 Å². The fraction of sp³-hybridized carbons (Fsp3) is 0.231. The SMILES string of the molecule is COCc1cccc(CNc2ncccn2)c1. The van der Waals surface area contributed by atoms with E-state index in [-0.39, 0.29) is 0 Å². The Bertz CT molecular complexity index is 459. The van der Waals surface area contributed by atoms with Crippen LogP contribution in [0.1, 0.15) is 11.1 Å². The van der Waals surface area contributed by atoms with Gasteiger partial charge in [-0.3, -0.25) is 0 Å². The first-order valence-corrected chi connectivity index (χ1v) is 5.46. The van der Waals surface area contributed by atoms with Gasteiger partial charge in [0, 0.05) is 26.0 Å². The second kappa shape index (κ2) is 5.96. The zero-order valence-electron chi connectivity index (χ0n) is 9.76. The number of nitrogens with zero attached hydrogens (tertiary/aromatic N) is 2. The van der Waals surface area contributed by atoms with Crippen molar-refractivity contribution in [2.24, 2.45) is 0 Å². The van der Waals surface area contributed by atoms with E-state index >= 15 is 0 Å². The predicted octanol–water partition coefficient (Wildman–Crippen LogP) is 2.24. The molecule has 0 saturated carbocycles. The summed E-state index contributed by atoms with van der Waals surface area (Å²) in [7, 11) is 1.70. The summed E-state index contributed by atoms with van der Waals surface area (Å²) in [6, 6.07) is 10.0. The molecule has 0 unspecified atom stereocenters. The van der Waals surface area contributed by atoms with Gasteiger partial charge in [-0.15, -0.1) is 0 Å². The van der Waals surface area contributed by atoms with Crippen LogP contribution in [-0.4, -0.2) is 17.1 Å². The Balaban J connectivity index is 1.97. The van der Waals surface area contributed by atoms with E-state index in [2.05, 4.69) is 27.4 Å². The summed E-state index contributed by atoms with van der Waals surface area (Å²) in [5, 5.41) is 3.17. The van der Waals surface area contributed by atoms with Gasteiger partial charge in [0.15, 0.2) is 0 Å². The number of hydrogen-bond donors (Lipinski definition) is 1. The van der Waals surface area contributed by atoms with Gasteiger partial charge in [0.2, 0.25) is 5.95 Å². The third-order valence-electron chi connectivity index (χ3n) is 2.32. The Morgan fingerprint density at radius 3 is 2.65 bits per heavy atom. The molecule has 0 atom stereocenters. The average Bonchev–Trinajstić information content (AvgIpc) is 2.39. The van der Waals surface area contributed by atoms with E-state index in [1.165, 1.54) is 11.1 Å². The summed E-state index contributed by atoms with van der Waals surface area (Å²) in [6.07, 6.45) is 3.44. The number of methoxy groups -OCH3 is 1. The molecule has 0 fully saturated rings. The molecule has 2 rings (SSSR count). The van der Waals surface area contributed by atoms with Crippen LogP contribution in [0.15, 0.2) is 42.7 Å². The summed E-state index contributed by atoms with van der Waals surface area (Å²) < 4.78 is 5.10. The largest absolute Gasteiger partial charge is 0.380 e. The molecular formula is C13H15N3O. The van der Waals surface area contributed by atoms with Crippen molar-refractivity contribution in [1.29, 1.82) is 0 Å². The van der Waals surface area contributed by atoms with Crippen LogP contribution in [0.3, 0.4) is 0 Å². The van der Waals surface area contributed by atoms with Crippen LogP contribution < -0.4 is 5.32 Å². The molecule has 0 radical (unpaired) electrons. The highest BCUT2D eigenvalue weighted by atomic mass is 16.5. The number of benzene rings is 1. The zero-order chi connectivity index (χ0) is 11.9. The molecule has 1 aromatic heterocycles. The molecule has 0 bridgehead atoms. The predicted molar refractivity (Wildman–Crippen MR) is 66.5 cm³/mol. The Hall–Kier alpha value is -1.94. The highest BCUT2D eigenvalue weighted by molar-refractivity contribution is 5.29. The van der Waals surface area contributed by atoms with Gasteiger partial charge in [0.25, 0.3) is 0 Å². The van der Waals surface area contributed by atoms with Gasteiger partial charge in [-0.2, -0.15) is 0 Å². The number of nitrogens with one attached hydrogen (secondary N) is 1. The number of ether oxygens (including phenoxy) is 1. The lowest BCUT2D eigenvalue weighted by molar-refractivity contribution is 0.185. The van der Waals surface area contributed by atoms with Crippen molar-refractivity contribution in [3.05, 3.63) is 53.9 Å². The molecule has 0 amide bonds. The van der Waals surface area contributed by atoms with Gasteiger partial charge in [0.1, 0.15) is 0 Å². The molecule has 0 saturated heterocycles. The summed E-state index contributed by atoms with van der Waals surface area (Å²) in [4.78, 5) is 8.21. The summed E-state index contributed by atoms with van der Waals surface area (Å²) in [5.41, 5.74) is 2.35. The maximum atomic E-state index is 5.10. The summed E-state index contributed by atoms with van der Waals surface area (Å²) >= 11 is 0. The second-order valence-corrected chi connectivity index (χ2v) is 3.68. The van der Waals surface area contributed by atoms with Crippen LogP contribution >= 0.6 is 0 Å². The van der Waals surface area contributed by atoms with Gasteiger partial charge in [-0.25, -0.2) is 9.97 Å². The fourth-order valence-corrected chi connectivity index (χ4v) is 1.57. The molecule has 1 aromatic carbocycles. The van der Waals surface area contributed by atoms with Crippen molar-refractivity contribution in [2.45, 2.75) is 13.2 Å². The van der Waals surface area contributed by atoms with Crippen LogP contribution in [-0.2, 0) is 17.9 Å². The summed E-state index contributed by atoms with van der Waals surface area (Å²) in [5.74, 6) is 0.643. The van der Waals surface area contributed by atoms with E-state index in [9.17, 15) is 0 Å². The van der Waals surface area contributed by atoms with Crippen LogP contribution in [0, 0.1) is 0 Å². The number of aromatic nitrogens is 2. The molecule has 0 spiro atoms. The minimum absolute atomic E-state index is 0.635. The maximum absolute atomic E-state index is 5.10. The van der Waals surface area contributed by atoms with Crippen molar-refractivity contribution in [3.8, 4) is 0 Å². The van der Waals surface area contributed by atoms with Crippen LogP contribution in [0.25, 0.3) is 0 Å². The highest BCUT2D eigenvalue weighted by Gasteiger charge is 1.97. The third-order valence-corrected chi connectivity index (χ3v) is 2.32. The minimum atomic E-state index is 0.635. The molecule has 4 nitrogen and oxygen atoms in total. The first kappa shape index (κ1) is 11.5. The van der Waals surface area contributed by atoms with Gasteiger partial charge in [0.05, 0.1) is 6.61 Å². The van der Waals surface area contributed by atoms with E-state index < -0.39 is 0 Å². The van der Waals surface area contributed by atoms with Crippen LogP contribution in [0.2, 0.25) is 0 Å². The van der Waals surface area contributed by atoms with Crippen molar-refractivity contribution >= 4 is 5.95 Å². The first-order valence-electron chi connectivity index (χ1n) is 5.46. The molecule has 0 aliphatic carbocycles. The molecule has 0 aliphatic heterocycles. The molecule has 1 heterocycles. The van der Waals surface area contributed by atoms with E-state index in [0.29, 0.717) is 19.1 Å². The van der Waals surface area contributed by atoms with E-state index in [1.807, 2.05) is 12.1 Å². The maximum Gasteiger partial charge on any atom is 0.222 e. The molecular weight excluding hydrogens is 214 g/mol. The van der Waals surface area contributed by atoms with E-state index in [4.69, 9.17) is 4.74 Å². The molecule has 0 aliphatic rings. The fourth-order valence-electron chi connectivity index (χ4n) is 1.57. The smallest absolute Gasteiger partial charge is 0.222 e. The molecule has 4 heteroatoms. The highest BCUT2D eigenvalue weighted by Crippen LogP contribution is 2.08. The van der Waals surface area contributed by atoms with E-state index in [1.54, 1.807) is 25.6 Å². The van der Waals surface area contributed by atoms with Crippen molar-refractivity contribution < 1.29 is 4.74 Å². The standard InChI is InChI=1S/C13H15N3O/c1-17-10-12-5-2-4-11(8-12)9-16-13-14-6-3-7-15-13/h2-8H,9-10H2,1H3,(H,14,15,16). The summed E-state index contributed by atoms with van der Waals surface area (Å²) in [6.45, 7) is 1.34. The lowest BCUT2D eigenvalue weighted by Gasteiger charge is -2.06. The first-order chi connectivity index (χ1) is 8.38. The average molecular weight is 229 g/mol. The number of hydrogen-bond acceptors (Lipinski definition) is 4. The van der Waals surface area contributed by atoms with Crippen LogP contribution in [0.5, 0.6) is 0 Å². The van der Waals surface area contributed by atoms with Crippen LogP contribution in [0.4, 0.5) is 5.95 Å².